The van der Waals surface area contributed by atoms with Gasteiger partial charge in [0.15, 0.2) is 0 Å². The standard InChI is InChI=1S/C33H33N3O5/c1-23(2)33(39)41-30-10-6-3-7-26(30)16-18-32(38)36(20-19-27-21-34-29-9-5-4-8-28(27)29)22-25-13-11-24(12-14-25)15-17-31(37)35-40/h3-18,21,23,34,40H,19-20,22H2,1-2H3,(H,35,37)/b17-15+,18-16-. The molecule has 4 aromatic rings. The summed E-state index contributed by atoms with van der Waals surface area (Å²) in [7, 11) is 0. The molecule has 8 heteroatoms. The number of amides is 2. The van der Waals surface area contributed by atoms with Gasteiger partial charge in [-0.2, -0.15) is 0 Å². The molecule has 0 bridgehead atoms. The van der Waals surface area contributed by atoms with Crippen molar-refractivity contribution < 1.29 is 24.3 Å². The van der Waals surface area contributed by atoms with Gasteiger partial charge in [-0.15, -0.1) is 0 Å². The predicted molar refractivity (Wildman–Crippen MR) is 159 cm³/mol. The summed E-state index contributed by atoms with van der Waals surface area (Å²) in [6.45, 7) is 4.39. The highest BCUT2D eigenvalue weighted by Crippen LogP contribution is 2.22. The molecule has 41 heavy (non-hydrogen) atoms. The minimum Gasteiger partial charge on any atom is -0.426 e. The highest BCUT2D eigenvalue weighted by atomic mass is 16.5. The molecule has 8 nitrogen and oxygen atoms in total. The SMILES string of the molecule is CC(C)C(=O)Oc1ccccc1/C=C\C(=O)N(CCc1c[nH]c2ccccc12)Cc1ccc(/C=C/C(=O)NO)cc1. The van der Waals surface area contributed by atoms with Gasteiger partial charge in [-0.25, -0.2) is 5.48 Å². The lowest BCUT2D eigenvalue weighted by molar-refractivity contribution is -0.137. The first-order valence-corrected chi connectivity index (χ1v) is 13.4. The molecule has 0 saturated heterocycles. The molecule has 0 aliphatic carbocycles. The highest BCUT2D eigenvalue weighted by Gasteiger charge is 2.15. The molecule has 3 N–H and O–H groups in total. The average molecular weight is 552 g/mol. The van der Waals surface area contributed by atoms with E-state index < -0.39 is 5.91 Å². The monoisotopic (exact) mass is 551 g/mol. The topological polar surface area (TPSA) is 112 Å². The lowest BCUT2D eigenvalue weighted by atomic mass is 10.1. The fourth-order valence-corrected chi connectivity index (χ4v) is 4.23. The first kappa shape index (κ1) is 29.0. The minimum atomic E-state index is -0.615. The lowest BCUT2D eigenvalue weighted by Gasteiger charge is -2.22. The van der Waals surface area contributed by atoms with Gasteiger partial charge in [-0.1, -0.05) is 74.5 Å². The van der Waals surface area contributed by atoms with E-state index in [4.69, 9.17) is 9.94 Å². The summed E-state index contributed by atoms with van der Waals surface area (Å²) < 4.78 is 5.52. The molecule has 4 rings (SSSR count). The minimum absolute atomic E-state index is 0.182. The first-order valence-electron chi connectivity index (χ1n) is 13.4. The predicted octanol–water partition coefficient (Wildman–Crippen LogP) is 5.53. The zero-order valence-electron chi connectivity index (χ0n) is 23.0. The maximum atomic E-state index is 13.5. The Morgan fingerprint density at radius 3 is 2.44 bits per heavy atom. The molecule has 2 amide bonds. The Labute approximate surface area is 238 Å². The van der Waals surface area contributed by atoms with E-state index in [1.165, 1.54) is 12.2 Å². The van der Waals surface area contributed by atoms with Gasteiger partial charge in [0, 0.05) is 47.9 Å². The van der Waals surface area contributed by atoms with Crippen molar-refractivity contribution in [3.05, 3.63) is 113 Å². The number of aromatic amines is 1. The van der Waals surface area contributed by atoms with Gasteiger partial charge in [0.2, 0.25) is 5.91 Å². The number of esters is 1. The van der Waals surface area contributed by atoms with E-state index in [-0.39, 0.29) is 17.8 Å². The number of hydrogen-bond donors (Lipinski definition) is 3. The van der Waals surface area contributed by atoms with Gasteiger partial charge >= 0.3 is 5.97 Å². The van der Waals surface area contributed by atoms with Crippen molar-refractivity contribution in [1.29, 1.82) is 0 Å². The number of carbonyl (C=O) groups excluding carboxylic acids is 3. The van der Waals surface area contributed by atoms with Gasteiger partial charge < -0.3 is 14.6 Å². The summed E-state index contributed by atoms with van der Waals surface area (Å²) in [5.74, 6) is -1.01. The van der Waals surface area contributed by atoms with Crippen LogP contribution in [0, 0.1) is 5.92 Å². The van der Waals surface area contributed by atoms with E-state index in [1.54, 1.807) is 54.6 Å². The van der Waals surface area contributed by atoms with Crippen LogP contribution in [0.15, 0.2) is 91.1 Å². The Hall–Kier alpha value is -4.95. The van der Waals surface area contributed by atoms with E-state index in [0.717, 1.165) is 27.6 Å². The summed E-state index contributed by atoms with van der Waals surface area (Å²) in [5.41, 5.74) is 6.06. The highest BCUT2D eigenvalue weighted by molar-refractivity contribution is 5.93. The zero-order valence-corrected chi connectivity index (χ0v) is 23.0. The molecule has 210 valence electrons. The number of H-pyrrole nitrogens is 1. The van der Waals surface area contributed by atoms with Gasteiger partial charge in [-0.05, 0) is 47.4 Å². The third-order valence-electron chi connectivity index (χ3n) is 6.53. The molecule has 3 aromatic carbocycles. The fraction of sp³-hybridized carbons (Fsp3) is 0.182. The molecule has 0 fully saturated rings. The second kappa shape index (κ2) is 13.9. The number of fused-ring (bicyclic) bond motifs is 1. The van der Waals surface area contributed by atoms with Crippen LogP contribution in [0.4, 0.5) is 0 Å². The van der Waals surface area contributed by atoms with Crippen LogP contribution >= 0.6 is 0 Å². The zero-order chi connectivity index (χ0) is 29.2. The van der Waals surface area contributed by atoms with E-state index in [2.05, 4.69) is 11.1 Å². The molecule has 1 aromatic heterocycles. The third kappa shape index (κ3) is 8.03. The molecule has 0 aliphatic heterocycles. The van der Waals surface area contributed by atoms with Crippen molar-refractivity contribution in [3.8, 4) is 5.75 Å². The number of para-hydroxylation sites is 2. The molecule has 0 radical (unpaired) electrons. The molecular weight excluding hydrogens is 518 g/mol. The maximum Gasteiger partial charge on any atom is 0.313 e. The van der Waals surface area contributed by atoms with E-state index in [9.17, 15) is 14.4 Å². The number of hydrogen-bond acceptors (Lipinski definition) is 5. The second-order valence-corrected chi connectivity index (χ2v) is 9.87. The summed E-state index contributed by atoms with van der Waals surface area (Å²) >= 11 is 0. The Morgan fingerprint density at radius 2 is 1.68 bits per heavy atom. The summed E-state index contributed by atoms with van der Waals surface area (Å²) in [5, 5.41) is 9.78. The maximum absolute atomic E-state index is 13.5. The Bertz CT molecular complexity index is 1570. The Kier molecular flexibility index (Phi) is 9.85. The summed E-state index contributed by atoms with van der Waals surface area (Å²) in [4.78, 5) is 42.0. The van der Waals surface area contributed by atoms with Crippen LogP contribution in [-0.4, -0.2) is 39.4 Å². The van der Waals surface area contributed by atoms with E-state index >= 15 is 0 Å². The fourth-order valence-electron chi connectivity index (χ4n) is 4.23. The third-order valence-corrected chi connectivity index (χ3v) is 6.53. The van der Waals surface area contributed by atoms with Crippen molar-refractivity contribution in [2.45, 2.75) is 26.8 Å². The molecule has 0 unspecified atom stereocenters. The van der Waals surface area contributed by atoms with Crippen molar-refractivity contribution in [2.24, 2.45) is 5.92 Å². The van der Waals surface area contributed by atoms with Gasteiger partial charge in [0.05, 0.1) is 5.92 Å². The van der Waals surface area contributed by atoms with Crippen LogP contribution in [0.5, 0.6) is 5.75 Å². The number of carbonyl (C=O) groups is 3. The number of aromatic nitrogens is 1. The molecule has 0 saturated carbocycles. The molecule has 0 aliphatic rings. The first-order chi connectivity index (χ1) is 19.8. The Balaban J connectivity index is 1.54. The number of hydroxylamine groups is 1. The summed E-state index contributed by atoms with van der Waals surface area (Å²) in [6.07, 6.45) is 8.62. The van der Waals surface area contributed by atoms with Crippen molar-refractivity contribution >= 4 is 40.8 Å². The van der Waals surface area contributed by atoms with E-state index in [1.807, 2.05) is 54.7 Å². The van der Waals surface area contributed by atoms with Crippen LogP contribution in [0.3, 0.4) is 0 Å². The average Bonchev–Trinajstić information content (AvgIpc) is 3.41. The smallest absolute Gasteiger partial charge is 0.313 e. The van der Waals surface area contributed by atoms with Crippen LogP contribution in [0.1, 0.15) is 36.1 Å². The molecule has 0 spiro atoms. The number of nitrogens with one attached hydrogen (secondary N) is 2. The van der Waals surface area contributed by atoms with E-state index in [0.29, 0.717) is 30.8 Å². The van der Waals surface area contributed by atoms with Crippen LogP contribution < -0.4 is 10.2 Å². The van der Waals surface area contributed by atoms with Crippen molar-refractivity contribution in [1.82, 2.24) is 15.4 Å². The number of nitrogens with zero attached hydrogens (tertiary/aromatic N) is 1. The summed E-state index contributed by atoms with van der Waals surface area (Å²) in [6, 6.07) is 22.6. The molecule has 0 atom stereocenters. The van der Waals surface area contributed by atoms with Gasteiger partial charge in [0.25, 0.3) is 5.91 Å². The van der Waals surface area contributed by atoms with Crippen molar-refractivity contribution in [2.75, 3.05) is 6.54 Å². The largest absolute Gasteiger partial charge is 0.426 e. The lowest BCUT2D eigenvalue weighted by Crippen LogP contribution is -2.31. The van der Waals surface area contributed by atoms with Crippen LogP contribution in [0.25, 0.3) is 23.1 Å². The second-order valence-electron chi connectivity index (χ2n) is 9.87. The van der Waals surface area contributed by atoms with Crippen LogP contribution in [-0.2, 0) is 27.3 Å². The van der Waals surface area contributed by atoms with Crippen LogP contribution in [0.2, 0.25) is 0 Å². The number of ether oxygens (including phenoxy) is 1. The quantitative estimate of drug-likeness (QED) is 0.0746. The Morgan fingerprint density at radius 1 is 0.951 bits per heavy atom. The van der Waals surface area contributed by atoms with Gasteiger partial charge in [0.1, 0.15) is 5.75 Å². The molecular formula is C33H33N3O5. The van der Waals surface area contributed by atoms with Gasteiger partial charge in [-0.3, -0.25) is 19.6 Å². The van der Waals surface area contributed by atoms with Crippen molar-refractivity contribution in [3.63, 3.8) is 0 Å². The normalized spacial score (nSPS) is 11.4. The number of rotatable bonds is 11. The molecule has 1 heterocycles. The number of benzene rings is 3.